The van der Waals surface area contributed by atoms with Crippen LogP contribution >= 0.6 is 0 Å². The van der Waals surface area contributed by atoms with Crippen LogP contribution in [0.3, 0.4) is 0 Å². The highest BCUT2D eigenvalue weighted by atomic mass is 16.5. The second kappa shape index (κ2) is 2.94. The van der Waals surface area contributed by atoms with Crippen LogP contribution in [0.2, 0.25) is 0 Å². The molecule has 0 aromatic rings. The first-order valence-electron chi connectivity index (χ1n) is 5.36. The van der Waals surface area contributed by atoms with Crippen LogP contribution in [-0.4, -0.2) is 47.3 Å². The number of fused-ring (bicyclic) bond motifs is 2. The van der Waals surface area contributed by atoms with Crippen molar-refractivity contribution in [3.8, 4) is 0 Å². The fraction of sp³-hybridized carbons (Fsp3) is 0.900. The van der Waals surface area contributed by atoms with Crippen LogP contribution in [-0.2, 0) is 9.53 Å². The molecule has 3 fully saturated rings. The van der Waals surface area contributed by atoms with Gasteiger partial charge in [-0.25, -0.2) is 0 Å². The predicted octanol–water partition coefficient (Wildman–Crippen LogP) is -0.243. The Bertz CT molecular complexity index is 268. The van der Waals surface area contributed by atoms with Gasteiger partial charge in [-0.15, -0.1) is 0 Å². The number of rotatable bonds is 0. The van der Waals surface area contributed by atoms with Crippen molar-refractivity contribution in [1.29, 1.82) is 0 Å². The number of aliphatic hydroxyl groups excluding tert-OH is 1. The Balaban J connectivity index is 1.86. The van der Waals surface area contributed by atoms with Crippen LogP contribution in [0.4, 0.5) is 0 Å². The van der Waals surface area contributed by atoms with E-state index in [1.54, 1.807) is 0 Å². The maximum absolute atomic E-state index is 11.5. The molecule has 14 heavy (non-hydrogen) atoms. The standard InChI is InChI=1S/C10H15NO3/c12-8-2-1-7-9(13)10-6(3-4-14-10)5-11(7)8/h6-7,9-10,13H,1-5H2/t6-,7-,9-,10-/m0/s1. The Morgan fingerprint density at radius 1 is 1.43 bits per heavy atom. The van der Waals surface area contributed by atoms with Gasteiger partial charge in [0.1, 0.15) is 6.10 Å². The molecular weight excluding hydrogens is 182 g/mol. The SMILES string of the molecule is O=C1CC[C@H]2[C@H](O)[C@H]3OCC[C@H]3CN12. The summed E-state index contributed by atoms with van der Waals surface area (Å²) in [7, 11) is 0. The van der Waals surface area contributed by atoms with E-state index in [0.29, 0.717) is 12.3 Å². The zero-order valence-corrected chi connectivity index (χ0v) is 8.06. The van der Waals surface area contributed by atoms with Gasteiger partial charge >= 0.3 is 0 Å². The number of carbonyl (C=O) groups excluding carboxylic acids is 1. The van der Waals surface area contributed by atoms with Gasteiger partial charge in [-0.05, 0) is 12.8 Å². The molecule has 0 aliphatic carbocycles. The highest BCUT2D eigenvalue weighted by Crippen LogP contribution is 2.36. The number of carbonyl (C=O) groups is 1. The van der Waals surface area contributed by atoms with Crippen LogP contribution in [0.15, 0.2) is 0 Å². The molecule has 4 atom stereocenters. The molecule has 0 saturated carbocycles. The number of amides is 1. The van der Waals surface area contributed by atoms with E-state index in [-0.39, 0.29) is 18.1 Å². The van der Waals surface area contributed by atoms with Gasteiger partial charge in [0.05, 0.1) is 12.1 Å². The quantitative estimate of drug-likeness (QED) is 0.583. The number of hydrogen-bond donors (Lipinski definition) is 1. The summed E-state index contributed by atoms with van der Waals surface area (Å²) in [6, 6.07) is 0.0295. The predicted molar refractivity (Wildman–Crippen MR) is 48.6 cm³/mol. The van der Waals surface area contributed by atoms with E-state index in [4.69, 9.17) is 4.74 Å². The van der Waals surface area contributed by atoms with Crippen molar-refractivity contribution < 1.29 is 14.6 Å². The zero-order chi connectivity index (χ0) is 9.71. The summed E-state index contributed by atoms with van der Waals surface area (Å²) >= 11 is 0. The first kappa shape index (κ1) is 8.68. The van der Waals surface area contributed by atoms with E-state index in [1.165, 1.54) is 0 Å². The summed E-state index contributed by atoms with van der Waals surface area (Å²) in [4.78, 5) is 13.4. The highest BCUT2D eigenvalue weighted by Gasteiger charge is 2.49. The van der Waals surface area contributed by atoms with E-state index in [9.17, 15) is 9.90 Å². The molecular formula is C10H15NO3. The Morgan fingerprint density at radius 3 is 3.14 bits per heavy atom. The van der Waals surface area contributed by atoms with Gasteiger partial charge in [0, 0.05) is 25.5 Å². The molecule has 0 spiro atoms. The minimum Gasteiger partial charge on any atom is -0.388 e. The normalized spacial score (nSPS) is 46.6. The molecule has 0 aromatic heterocycles. The van der Waals surface area contributed by atoms with Crippen molar-refractivity contribution in [3.63, 3.8) is 0 Å². The van der Waals surface area contributed by atoms with Crippen molar-refractivity contribution in [1.82, 2.24) is 4.90 Å². The van der Waals surface area contributed by atoms with E-state index in [0.717, 1.165) is 26.0 Å². The zero-order valence-electron chi connectivity index (χ0n) is 8.06. The minimum atomic E-state index is -0.456. The molecule has 0 bridgehead atoms. The largest absolute Gasteiger partial charge is 0.388 e. The van der Waals surface area contributed by atoms with E-state index < -0.39 is 6.10 Å². The van der Waals surface area contributed by atoms with Crippen molar-refractivity contribution in [3.05, 3.63) is 0 Å². The van der Waals surface area contributed by atoms with Crippen molar-refractivity contribution in [2.45, 2.75) is 37.5 Å². The number of hydrogen-bond acceptors (Lipinski definition) is 3. The summed E-state index contributed by atoms with van der Waals surface area (Å²) in [5.74, 6) is 0.572. The van der Waals surface area contributed by atoms with Crippen LogP contribution in [0.5, 0.6) is 0 Å². The van der Waals surface area contributed by atoms with Crippen LogP contribution < -0.4 is 0 Å². The lowest BCUT2D eigenvalue weighted by molar-refractivity contribution is -0.140. The summed E-state index contributed by atoms with van der Waals surface area (Å²) in [5, 5.41) is 10.0. The third-order valence-electron chi connectivity index (χ3n) is 3.80. The second-order valence-electron chi connectivity index (χ2n) is 4.53. The van der Waals surface area contributed by atoms with Crippen LogP contribution in [0.1, 0.15) is 19.3 Å². The maximum atomic E-state index is 11.5. The van der Waals surface area contributed by atoms with Crippen molar-refractivity contribution >= 4 is 5.91 Å². The molecule has 0 aromatic carbocycles. The Hall–Kier alpha value is -0.610. The molecule has 3 rings (SSSR count). The lowest BCUT2D eigenvalue weighted by Gasteiger charge is -2.40. The lowest BCUT2D eigenvalue weighted by atomic mass is 9.87. The van der Waals surface area contributed by atoms with Gasteiger partial charge in [0.25, 0.3) is 0 Å². The third kappa shape index (κ3) is 1.04. The molecule has 1 amide bonds. The van der Waals surface area contributed by atoms with Crippen LogP contribution in [0.25, 0.3) is 0 Å². The van der Waals surface area contributed by atoms with Gasteiger partial charge < -0.3 is 14.7 Å². The average molecular weight is 197 g/mol. The fourth-order valence-electron chi connectivity index (χ4n) is 3.05. The molecule has 4 heteroatoms. The topological polar surface area (TPSA) is 49.8 Å². The second-order valence-corrected chi connectivity index (χ2v) is 4.53. The number of aliphatic hydroxyl groups is 1. The van der Waals surface area contributed by atoms with Gasteiger partial charge in [-0.1, -0.05) is 0 Å². The molecule has 3 aliphatic rings. The molecule has 0 unspecified atom stereocenters. The minimum absolute atomic E-state index is 0.0119. The summed E-state index contributed by atoms with van der Waals surface area (Å²) in [5.41, 5.74) is 0. The number of piperidine rings is 1. The van der Waals surface area contributed by atoms with Gasteiger partial charge in [0.2, 0.25) is 5.91 Å². The Morgan fingerprint density at radius 2 is 2.29 bits per heavy atom. The average Bonchev–Trinajstić information content (AvgIpc) is 2.75. The number of ether oxygens (including phenoxy) is 1. The Labute approximate surface area is 82.8 Å². The molecule has 78 valence electrons. The Kier molecular flexibility index (Phi) is 1.82. The monoisotopic (exact) mass is 197 g/mol. The first-order valence-corrected chi connectivity index (χ1v) is 5.36. The maximum Gasteiger partial charge on any atom is 0.222 e. The smallest absolute Gasteiger partial charge is 0.222 e. The van der Waals surface area contributed by atoms with Gasteiger partial charge in [-0.3, -0.25) is 4.79 Å². The molecule has 3 heterocycles. The van der Waals surface area contributed by atoms with E-state index >= 15 is 0 Å². The van der Waals surface area contributed by atoms with E-state index in [2.05, 4.69) is 0 Å². The molecule has 1 N–H and O–H groups in total. The first-order chi connectivity index (χ1) is 6.77. The van der Waals surface area contributed by atoms with Crippen LogP contribution in [0, 0.1) is 5.92 Å². The fourth-order valence-corrected chi connectivity index (χ4v) is 3.05. The molecule has 4 nitrogen and oxygen atoms in total. The summed E-state index contributed by atoms with van der Waals surface area (Å²) in [6.45, 7) is 1.53. The van der Waals surface area contributed by atoms with Gasteiger partial charge in [-0.2, -0.15) is 0 Å². The molecule has 0 radical (unpaired) electrons. The molecule has 3 aliphatic heterocycles. The van der Waals surface area contributed by atoms with E-state index in [1.807, 2.05) is 4.90 Å². The summed E-state index contributed by atoms with van der Waals surface area (Å²) in [6.07, 6.45) is 1.91. The lowest BCUT2D eigenvalue weighted by Crippen LogP contribution is -2.56. The highest BCUT2D eigenvalue weighted by molar-refractivity contribution is 5.79. The van der Waals surface area contributed by atoms with Crippen molar-refractivity contribution in [2.24, 2.45) is 5.92 Å². The molecule has 3 saturated heterocycles. The third-order valence-corrected chi connectivity index (χ3v) is 3.80. The summed E-state index contributed by atoms with van der Waals surface area (Å²) < 4.78 is 5.52. The van der Waals surface area contributed by atoms with Gasteiger partial charge in [0.15, 0.2) is 0 Å². The number of nitrogens with zero attached hydrogens (tertiary/aromatic N) is 1. The van der Waals surface area contributed by atoms with Crippen molar-refractivity contribution in [2.75, 3.05) is 13.2 Å².